The van der Waals surface area contributed by atoms with Gasteiger partial charge in [0, 0.05) is 37.4 Å². The molecule has 0 radical (unpaired) electrons. The summed E-state index contributed by atoms with van der Waals surface area (Å²) in [5, 5.41) is 11.9. The molecule has 3 rings (SSSR count). The van der Waals surface area contributed by atoms with Crippen LogP contribution in [0.3, 0.4) is 0 Å². The van der Waals surface area contributed by atoms with E-state index in [1.807, 2.05) is 24.0 Å². The van der Waals surface area contributed by atoms with Gasteiger partial charge in [0.2, 0.25) is 0 Å². The molecule has 4 nitrogen and oxygen atoms in total. The largest absolute Gasteiger partial charge is 0.481 e. The van der Waals surface area contributed by atoms with Crippen LogP contribution < -0.4 is 10.2 Å². The first-order chi connectivity index (χ1) is 14.6. The van der Waals surface area contributed by atoms with Crippen LogP contribution in [0.5, 0.6) is 0 Å². The highest BCUT2D eigenvalue weighted by Crippen LogP contribution is 2.34. The maximum absolute atomic E-state index is 14.2. The van der Waals surface area contributed by atoms with Crippen LogP contribution in [0.2, 0.25) is 0 Å². The quantitative estimate of drug-likeness (QED) is 0.537. The minimum absolute atomic E-state index is 0.0583. The van der Waals surface area contributed by atoms with Gasteiger partial charge in [-0.1, -0.05) is 18.2 Å². The number of nitrogens with zero attached hydrogens (tertiary/aromatic N) is 1. The topological polar surface area (TPSA) is 52.6 Å². The molecule has 0 unspecified atom stereocenters. The number of carboxylic acid groups (broad SMARTS) is 1. The van der Waals surface area contributed by atoms with Gasteiger partial charge in [-0.15, -0.1) is 0 Å². The summed E-state index contributed by atoms with van der Waals surface area (Å²) in [5.41, 5.74) is 4.72. The molecule has 0 bridgehead atoms. The lowest BCUT2D eigenvalue weighted by Crippen LogP contribution is -2.33. The summed E-state index contributed by atoms with van der Waals surface area (Å²) >= 11 is 0. The predicted molar refractivity (Wildman–Crippen MR) is 112 cm³/mol. The fourth-order valence-corrected chi connectivity index (χ4v) is 3.99. The lowest BCUT2D eigenvalue weighted by atomic mass is 9.94. The lowest BCUT2D eigenvalue weighted by molar-refractivity contribution is -0.137. The zero-order valence-corrected chi connectivity index (χ0v) is 17.4. The number of hydrogen-bond acceptors (Lipinski definition) is 3. The number of anilines is 2. The molecule has 0 saturated carbocycles. The van der Waals surface area contributed by atoms with Crippen molar-refractivity contribution >= 4 is 17.3 Å². The van der Waals surface area contributed by atoms with E-state index in [-0.39, 0.29) is 19.4 Å². The van der Waals surface area contributed by atoms with Gasteiger partial charge in [0.25, 0.3) is 0 Å². The molecule has 1 aliphatic heterocycles. The summed E-state index contributed by atoms with van der Waals surface area (Å²) in [6, 6.07) is 8.53. The molecule has 2 aromatic carbocycles. The highest BCUT2D eigenvalue weighted by Gasteiger charge is 2.29. The second-order valence-electron chi connectivity index (χ2n) is 7.87. The van der Waals surface area contributed by atoms with Gasteiger partial charge >= 0.3 is 12.1 Å². The van der Waals surface area contributed by atoms with Gasteiger partial charge < -0.3 is 15.3 Å². The molecule has 31 heavy (non-hydrogen) atoms. The van der Waals surface area contributed by atoms with Gasteiger partial charge in [-0.3, -0.25) is 4.79 Å². The average Bonchev–Trinajstić information content (AvgIpc) is 2.70. The molecular formula is C23H26F4N2O2. The first-order valence-corrected chi connectivity index (χ1v) is 10.3. The van der Waals surface area contributed by atoms with Crippen molar-refractivity contribution in [2.45, 2.75) is 51.7 Å². The Hall–Kier alpha value is -2.77. The molecule has 0 atom stereocenters. The Kier molecular flexibility index (Phi) is 7.08. The average molecular weight is 438 g/mol. The van der Waals surface area contributed by atoms with E-state index >= 15 is 0 Å². The standard InChI is InChI=1S/C23H26F4N2O2/c1-15-18(14-28-19-8-6-16(20(24)13-19)7-9-21(30)31)5-4-17-3-2-11-29(22(15)17)12-10-23(25,26)27/h4-6,8,13,28H,2-3,7,9-12,14H2,1H3,(H,30,31). The predicted octanol–water partition coefficient (Wildman–Crippen LogP) is 5.47. The van der Waals surface area contributed by atoms with Gasteiger partial charge in [-0.25, -0.2) is 4.39 Å². The molecule has 0 fully saturated rings. The van der Waals surface area contributed by atoms with E-state index in [1.165, 1.54) is 6.07 Å². The maximum atomic E-state index is 14.2. The van der Waals surface area contributed by atoms with Crippen molar-refractivity contribution in [3.05, 3.63) is 58.4 Å². The third-order valence-corrected chi connectivity index (χ3v) is 5.63. The first kappa shape index (κ1) is 22.9. The van der Waals surface area contributed by atoms with Crippen molar-refractivity contribution in [2.24, 2.45) is 0 Å². The van der Waals surface area contributed by atoms with E-state index in [4.69, 9.17) is 5.11 Å². The maximum Gasteiger partial charge on any atom is 0.390 e. The number of halogens is 4. The molecular weight excluding hydrogens is 412 g/mol. The highest BCUT2D eigenvalue weighted by atomic mass is 19.4. The molecule has 0 saturated heterocycles. The van der Waals surface area contributed by atoms with Crippen LogP contribution in [0.25, 0.3) is 0 Å². The molecule has 168 valence electrons. The van der Waals surface area contributed by atoms with E-state index in [2.05, 4.69) is 5.32 Å². The number of hydrogen-bond donors (Lipinski definition) is 2. The molecule has 0 aromatic heterocycles. The number of alkyl halides is 3. The summed E-state index contributed by atoms with van der Waals surface area (Å²) in [6.45, 7) is 2.86. The number of carboxylic acids is 1. The molecule has 0 spiro atoms. The summed E-state index contributed by atoms with van der Waals surface area (Å²) in [4.78, 5) is 12.5. The SMILES string of the molecule is Cc1c(CNc2ccc(CCC(=O)O)c(F)c2)ccc2c1N(CCC(F)(F)F)CCC2. The number of nitrogens with one attached hydrogen (secondary N) is 1. The minimum atomic E-state index is -4.19. The Bertz CT molecular complexity index is 944. The van der Waals surface area contributed by atoms with Gasteiger partial charge in [-0.2, -0.15) is 13.2 Å². The number of benzene rings is 2. The molecule has 2 N–H and O–H groups in total. The molecule has 0 amide bonds. The van der Waals surface area contributed by atoms with Gasteiger partial charge in [0.1, 0.15) is 5.82 Å². The van der Waals surface area contributed by atoms with Crippen LogP contribution >= 0.6 is 0 Å². The lowest BCUT2D eigenvalue weighted by Gasteiger charge is -2.34. The van der Waals surface area contributed by atoms with Crippen molar-refractivity contribution in [3.63, 3.8) is 0 Å². The Morgan fingerprint density at radius 3 is 2.61 bits per heavy atom. The van der Waals surface area contributed by atoms with Crippen LogP contribution in [0.15, 0.2) is 30.3 Å². The second kappa shape index (κ2) is 9.58. The van der Waals surface area contributed by atoms with E-state index in [1.54, 1.807) is 12.1 Å². The van der Waals surface area contributed by atoms with Gasteiger partial charge in [0.05, 0.1) is 6.42 Å². The third kappa shape index (κ3) is 6.12. The number of aryl methyl sites for hydroxylation is 2. The minimum Gasteiger partial charge on any atom is -0.481 e. The van der Waals surface area contributed by atoms with E-state index < -0.39 is 24.4 Å². The molecule has 0 aliphatic carbocycles. The number of aliphatic carboxylic acids is 1. The number of rotatable bonds is 8. The van der Waals surface area contributed by atoms with Crippen molar-refractivity contribution in [1.82, 2.24) is 0 Å². The highest BCUT2D eigenvalue weighted by molar-refractivity contribution is 5.67. The zero-order chi connectivity index (χ0) is 22.6. The molecule has 1 aliphatic rings. The van der Waals surface area contributed by atoms with Gasteiger partial charge in [0.15, 0.2) is 0 Å². The monoisotopic (exact) mass is 438 g/mol. The summed E-state index contributed by atoms with van der Waals surface area (Å²) in [5.74, 6) is -1.44. The third-order valence-electron chi connectivity index (χ3n) is 5.63. The van der Waals surface area contributed by atoms with Crippen LogP contribution in [0.4, 0.5) is 28.9 Å². The molecule has 2 aromatic rings. The zero-order valence-electron chi connectivity index (χ0n) is 17.4. The Morgan fingerprint density at radius 1 is 1.19 bits per heavy atom. The summed E-state index contributed by atoms with van der Waals surface area (Å²) in [7, 11) is 0. The Morgan fingerprint density at radius 2 is 1.94 bits per heavy atom. The second-order valence-corrected chi connectivity index (χ2v) is 7.87. The molecule has 8 heteroatoms. The van der Waals surface area contributed by atoms with Crippen molar-refractivity contribution in [1.29, 1.82) is 0 Å². The van der Waals surface area contributed by atoms with Crippen molar-refractivity contribution in [2.75, 3.05) is 23.3 Å². The summed E-state index contributed by atoms with van der Waals surface area (Å²) in [6.07, 6.45) is -3.37. The Labute approximate surface area is 178 Å². The van der Waals surface area contributed by atoms with Crippen LogP contribution in [-0.2, 0) is 24.2 Å². The van der Waals surface area contributed by atoms with E-state index in [0.717, 1.165) is 35.2 Å². The van der Waals surface area contributed by atoms with Crippen molar-refractivity contribution < 1.29 is 27.5 Å². The number of carbonyl (C=O) groups is 1. The van der Waals surface area contributed by atoms with Crippen LogP contribution in [0, 0.1) is 12.7 Å². The fourth-order valence-electron chi connectivity index (χ4n) is 3.99. The van der Waals surface area contributed by atoms with Crippen LogP contribution in [0.1, 0.15) is 41.5 Å². The smallest absolute Gasteiger partial charge is 0.390 e. The van der Waals surface area contributed by atoms with E-state index in [0.29, 0.717) is 24.3 Å². The fraction of sp³-hybridized carbons (Fsp3) is 0.435. The van der Waals surface area contributed by atoms with E-state index in [9.17, 15) is 22.4 Å². The van der Waals surface area contributed by atoms with Crippen LogP contribution in [-0.4, -0.2) is 30.3 Å². The molecule has 1 heterocycles. The summed E-state index contributed by atoms with van der Waals surface area (Å²) < 4.78 is 52.4. The normalized spacial score (nSPS) is 13.8. The first-order valence-electron chi connectivity index (χ1n) is 10.3. The number of fused-ring (bicyclic) bond motifs is 1. The Balaban J connectivity index is 1.71. The van der Waals surface area contributed by atoms with Crippen molar-refractivity contribution in [3.8, 4) is 0 Å². The van der Waals surface area contributed by atoms with Gasteiger partial charge in [-0.05, 0) is 60.6 Å².